The van der Waals surface area contributed by atoms with Crippen LogP contribution < -0.4 is 9.80 Å². The fourth-order valence-electron chi connectivity index (χ4n) is 3.65. The van der Waals surface area contributed by atoms with E-state index in [9.17, 15) is 9.18 Å². The Bertz CT molecular complexity index is 740. The monoisotopic (exact) mass is 328 g/mol. The number of anilines is 2. The van der Waals surface area contributed by atoms with Gasteiger partial charge in [0.05, 0.1) is 35.9 Å². The van der Waals surface area contributed by atoms with Gasteiger partial charge in [-0.3, -0.25) is 4.79 Å². The van der Waals surface area contributed by atoms with Gasteiger partial charge in [0, 0.05) is 19.6 Å². The van der Waals surface area contributed by atoms with E-state index in [0.717, 1.165) is 43.9 Å². The van der Waals surface area contributed by atoms with Crippen LogP contribution in [0.3, 0.4) is 0 Å². The highest BCUT2D eigenvalue weighted by atomic mass is 19.1. The normalized spacial score (nSPS) is 24.0. The van der Waals surface area contributed by atoms with Gasteiger partial charge < -0.3 is 9.80 Å². The molecule has 0 aromatic carbocycles. The fourth-order valence-corrected chi connectivity index (χ4v) is 3.65. The summed E-state index contributed by atoms with van der Waals surface area (Å²) in [7, 11) is 0. The van der Waals surface area contributed by atoms with E-state index >= 15 is 0 Å². The number of piperidine rings is 1. The number of carbonyl (C=O) groups is 1. The van der Waals surface area contributed by atoms with Crippen molar-refractivity contribution in [2.45, 2.75) is 19.3 Å². The van der Waals surface area contributed by atoms with Crippen LogP contribution in [0.1, 0.15) is 19.3 Å². The van der Waals surface area contributed by atoms with Crippen LogP contribution in [-0.4, -0.2) is 45.5 Å². The van der Waals surface area contributed by atoms with Crippen LogP contribution >= 0.6 is 0 Å². The molecule has 2 fully saturated rings. The number of nitrogens with zero attached hydrogens (tertiary/aromatic N) is 6. The Hall–Kier alpha value is -2.64. The van der Waals surface area contributed by atoms with Crippen molar-refractivity contribution in [3.05, 3.63) is 36.9 Å². The van der Waals surface area contributed by atoms with Crippen LogP contribution in [-0.2, 0) is 4.79 Å². The van der Waals surface area contributed by atoms with Crippen molar-refractivity contribution in [2.24, 2.45) is 5.41 Å². The lowest BCUT2D eigenvalue weighted by Crippen LogP contribution is -2.48. The number of halogens is 1. The predicted molar refractivity (Wildman–Crippen MR) is 84.9 cm³/mol. The predicted octanol–water partition coefficient (Wildman–Crippen LogP) is 1.43. The molecule has 0 aliphatic carbocycles. The maximum atomic E-state index is 13.1. The van der Waals surface area contributed by atoms with Crippen molar-refractivity contribution in [2.75, 3.05) is 29.4 Å². The van der Waals surface area contributed by atoms with Gasteiger partial charge in [-0.1, -0.05) is 0 Å². The number of hydrogen-bond acceptors (Lipinski definition) is 6. The average Bonchev–Trinajstić information content (AvgIpc) is 2.93. The van der Waals surface area contributed by atoms with Crippen LogP contribution in [0, 0.1) is 11.2 Å². The first-order valence-electron chi connectivity index (χ1n) is 7.97. The molecule has 0 unspecified atom stereocenters. The first-order chi connectivity index (χ1) is 11.7. The highest BCUT2D eigenvalue weighted by Gasteiger charge is 2.49. The summed E-state index contributed by atoms with van der Waals surface area (Å²) >= 11 is 0. The largest absolute Gasteiger partial charge is 0.340 e. The summed E-state index contributed by atoms with van der Waals surface area (Å²) in [4.78, 5) is 32.9. The molecule has 1 atom stereocenters. The molecule has 0 N–H and O–H groups in total. The molecule has 0 saturated carbocycles. The van der Waals surface area contributed by atoms with Crippen LogP contribution in [0.15, 0.2) is 31.1 Å². The van der Waals surface area contributed by atoms with E-state index in [1.165, 1.54) is 6.33 Å². The van der Waals surface area contributed by atoms with E-state index < -0.39 is 11.2 Å². The van der Waals surface area contributed by atoms with Gasteiger partial charge in [0.2, 0.25) is 11.9 Å². The van der Waals surface area contributed by atoms with Crippen molar-refractivity contribution in [3.63, 3.8) is 0 Å². The lowest BCUT2D eigenvalue weighted by atomic mass is 9.78. The van der Waals surface area contributed by atoms with Crippen molar-refractivity contribution in [1.82, 2.24) is 19.9 Å². The summed E-state index contributed by atoms with van der Waals surface area (Å²) in [6.45, 7) is 1.99. The van der Waals surface area contributed by atoms with Crippen LogP contribution in [0.25, 0.3) is 0 Å². The highest BCUT2D eigenvalue weighted by Crippen LogP contribution is 2.42. The third-order valence-corrected chi connectivity index (χ3v) is 4.84. The number of amides is 1. The molecule has 1 amide bonds. The average molecular weight is 328 g/mol. The van der Waals surface area contributed by atoms with E-state index in [-0.39, 0.29) is 5.91 Å². The van der Waals surface area contributed by atoms with E-state index in [1.807, 2.05) is 4.90 Å². The van der Waals surface area contributed by atoms with Gasteiger partial charge >= 0.3 is 0 Å². The summed E-state index contributed by atoms with van der Waals surface area (Å²) < 4.78 is 13.0. The van der Waals surface area contributed by atoms with Crippen molar-refractivity contribution >= 4 is 17.5 Å². The van der Waals surface area contributed by atoms with Crippen LogP contribution in [0.5, 0.6) is 0 Å². The molecule has 24 heavy (non-hydrogen) atoms. The summed E-state index contributed by atoms with van der Waals surface area (Å²) in [5.41, 5.74) is 0.292. The van der Waals surface area contributed by atoms with E-state index in [4.69, 9.17) is 0 Å². The maximum Gasteiger partial charge on any atom is 0.235 e. The Balaban J connectivity index is 1.57. The number of hydrogen-bond donors (Lipinski definition) is 0. The Morgan fingerprint density at radius 2 is 1.79 bits per heavy atom. The summed E-state index contributed by atoms with van der Waals surface area (Å²) in [5.74, 6) is 0.117. The van der Waals surface area contributed by atoms with Gasteiger partial charge in [-0.15, -0.1) is 0 Å². The number of carbonyl (C=O) groups excluding carboxylic acids is 1. The molecule has 4 rings (SSSR count). The summed E-state index contributed by atoms with van der Waals surface area (Å²) in [6.07, 6.45) is 9.59. The smallest absolute Gasteiger partial charge is 0.235 e. The van der Waals surface area contributed by atoms with Gasteiger partial charge in [-0.2, -0.15) is 0 Å². The Morgan fingerprint density at radius 1 is 1.04 bits per heavy atom. The van der Waals surface area contributed by atoms with E-state index in [0.29, 0.717) is 19.0 Å². The molecule has 2 aromatic heterocycles. The zero-order chi connectivity index (χ0) is 16.6. The van der Waals surface area contributed by atoms with E-state index in [1.54, 1.807) is 17.3 Å². The van der Waals surface area contributed by atoms with Gasteiger partial charge in [-0.05, 0) is 19.3 Å². The molecule has 2 aliphatic heterocycles. The minimum Gasteiger partial charge on any atom is -0.340 e. The zero-order valence-corrected chi connectivity index (χ0v) is 13.1. The first kappa shape index (κ1) is 14.9. The molecule has 2 aliphatic rings. The molecule has 2 saturated heterocycles. The van der Waals surface area contributed by atoms with Gasteiger partial charge in [-0.25, -0.2) is 24.3 Å². The third-order valence-electron chi connectivity index (χ3n) is 4.84. The Morgan fingerprint density at radius 3 is 2.54 bits per heavy atom. The second-order valence-electron chi connectivity index (χ2n) is 6.31. The fraction of sp³-hybridized carbons (Fsp3) is 0.438. The number of aromatic nitrogens is 4. The second-order valence-corrected chi connectivity index (χ2v) is 6.31. The second kappa shape index (κ2) is 5.77. The molecule has 0 radical (unpaired) electrons. The van der Waals surface area contributed by atoms with Gasteiger partial charge in [0.25, 0.3) is 0 Å². The minimum absolute atomic E-state index is 0.101. The summed E-state index contributed by atoms with van der Waals surface area (Å²) in [5, 5.41) is 0. The third kappa shape index (κ3) is 2.47. The Kier molecular flexibility index (Phi) is 3.59. The molecule has 124 valence electrons. The molecule has 7 nitrogen and oxygen atoms in total. The lowest BCUT2D eigenvalue weighted by molar-refractivity contribution is -0.126. The molecule has 2 aromatic rings. The van der Waals surface area contributed by atoms with Crippen molar-refractivity contribution < 1.29 is 9.18 Å². The first-order valence-corrected chi connectivity index (χ1v) is 7.97. The molecule has 4 heterocycles. The molecular weight excluding hydrogens is 311 g/mol. The Labute approximate surface area is 138 Å². The topological polar surface area (TPSA) is 75.1 Å². The van der Waals surface area contributed by atoms with Crippen molar-refractivity contribution in [1.29, 1.82) is 0 Å². The molecule has 8 heteroatoms. The SMILES string of the molecule is O=C1N(c2cncnc2)CC[C@]12CCCN(c1ncc(F)cn1)C2. The van der Waals surface area contributed by atoms with Crippen LogP contribution in [0.2, 0.25) is 0 Å². The van der Waals surface area contributed by atoms with Crippen LogP contribution in [0.4, 0.5) is 16.0 Å². The maximum absolute atomic E-state index is 13.1. The molecule has 1 spiro atoms. The molecule has 0 bridgehead atoms. The lowest BCUT2D eigenvalue weighted by Gasteiger charge is -2.38. The standard InChI is InChI=1S/C16H17FN6O/c17-12-6-20-15(21-7-12)22-4-1-2-16(10-22)3-5-23(14(16)24)13-8-18-11-19-9-13/h6-9,11H,1-5,10H2/t16-/m0/s1. The van der Waals surface area contributed by atoms with E-state index in [2.05, 4.69) is 19.9 Å². The summed E-state index contributed by atoms with van der Waals surface area (Å²) in [6, 6.07) is 0. The minimum atomic E-state index is -0.460. The van der Waals surface area contributed by atoms with Gasteiger partial charge in [0.1, 0.15) is 6.33 Å². The van der Waals surface area contributed by atoms with Crippen molar-refractivity contribution in [3.8, 4) is 0 Å². The highest BCUT2D eigenvalue weighted by molar-refractivity contribution is 6.00. The number of rotatable bonds is 2. The zero-order valence-electron chi connectivity index (χ0n) is 13.1. The van der Waals surface area contributed by atoms with Gasteiger partial charge in [0.15, 0.2) is 5.82 Å². The quantitative estimate of drug-likeness (QED) is 0.830. The molecular formula is C16H17FN6O.